The van der Waals surface area contributed by atoms with Gasteiger partial charge in [0.1, 0.15) is 11.5 Å². The minimum Gasteiger partial charge on any atom is -0.496 e. The summed E-state index contributed by atoms with van der Waals surface area (Å²) in [5.41, 5.74) is 1.94. The number of carbonyl (C=O) groups is 1. The van der Waals surface area contributed by atoms with Crippen LogP contribution in [0.25, 0.3) is 0 Å². The Morgan fingerprint density at radius 3 is 2.41 bits per heavy atom. The molecule has 4 nitrogen and oxygen atoms in total. The summed E-state index contributed by atoms with van der Waals surface area (Å²) < 4.78 is 11.0. The van der Waals surface area contributed by atoms with Crippen molar-refractivity contribution in [2.24, 2.45) is 0 Å². The number of hydrogen-bond donors (Lipinski definition) is 1. The topological polar surface area (TPSA) is 47.6 Å². The van der Waals surface area contributed by atoms with Gasteiger partial charge in [0.15, 0.2) is 6.10 Å². The van der Waals surface area contributed by atoms with Crippen molar-refractivity contribution in [3.63, 3.8) is 0 Å². The summed E-state index contributed by atoms with van der Waals surface area (Å²) in [6.45, 7) is 4.10. The maximum absolute atomic E-state index is 12.2. The third-order valence-electron chi connectivity index (χ3n) is 3.41. The van der Waals surface area contributed by atoms with Gasteiger partial charge in [-0.05, 0) is 31.5 Å². The predicted octanol–water partition coefficient (Wildman–Crippen LogP) is 3.09. The van der Waals surface area contributed by atoms with Crippen LogP contribution in [0.3, 0.4) is 0 Å². The molecule has 0 radical (unpaired) electrons. The number of para-hydroxylation sites is 2. The number of methoxy groups -OCH3 is 1. The number of hydrogen-bond acceptors (Lipinski definition) is 3. The molecule has 0 saturated carbocycles. The second kappa shape index (κ2) is 7.50. The lowest BCUT2D eigenvalue weighted by Crippen LogP contribution is -2.36. The van der Waals surface area contributed by atoms with Crippen molar-refractivity contribution in [1.29, 1.82) is 0 Å². The zero-order valence-electron chi connectivity index (χ0n) is 13.1. The third kappa shape index (κ3) is 4.01. The average molecular weight is 299 g/mol. The molecule has 22 heavy (non-hydrogen) atoms. The minimum absolute atomic E-state index is 0.158. The summed E-state index contributed by atoms with van der Waals surface area (Å²) in [6, 6.07) is 15.2. The van der Waals surface area contributed by atoms with Crippen LogP contribution in [0.15, 0.2) is 48.5 Å². The van der Waals surface area contributed by atoms with Gasteiger partial charge in [0, 0.05) is 12.1 Å². The first-order chi connectivity index (χ1) is 10.6. The number of nitrogens with one attached hydrogen (secondary N) is 1. The molecule has 0 bridgehead atoms. The van der Waals surface area contributed by atoms with Crippen LogP contribution in [0, 0.1) is 6.92 Å². The van der Waals surface area contributed by atoms with Crippen LogP contribution in [-0.4, -0.2) is 19.1 Å². The lowest BCUT2D eigenvalue weighted by molar-refractivity contribution is -0.127. The molecule has 2 aromatic rings. The maximum Gasteiger partial charge on any atom is 0.261 e. The van der Waals surface area contributed by atoms with Gasteiger partial charge >= 0.3 is 0 Å². The van der Waals surface area contributed by atoms with Gasteiger partial charge in [0.05, 0.1) is 7.11 Å². The molecule has 4 heteroatoms. The number of carbonyl (C=O) groups excluding carboxylic acids is 1. The standard InChI is InChI=1S/C18H21NO3/c1-13-8-4-6-10-16(13)22-14(2)18(20)19-12-15-9-5-7-11-17(15)21-3/h4-11,14H,12H2,1-3H3,(H,19,20)/t14-/m0/s1. The summed E-state index contributed by atoms with van der Waals surface area (Å²) >= 11 is 0. The molecule has 0 heterocycles. The molecule has 1 N–H and O–H groups in total. The molecule has 116 valence electrons. The molecule has 0 unspecified atom stereocenters. The third-order valence-corrected chi connectivity index (χ3v) is 3.41. The Hall–Kier alpha value is -2.49. The van der Waals surface area contributed by atoms with Gasteiger partial charge in [-0.15, -0.1) is 0 Å². The largest absolute Gasteiger partial charge is 0.496 e. The van der Waals surface area contributed by atoms with Crippen molar-refractivity contribution in [2.45, 2.75) is 26.5 Å². The van der Waals surface area contributed by atoms with Gasteiger partial charge in [-0.25, -0.2) is 0 Å². The first-order valence-corrected chi connectivity index (χ1v) is 7.23. The molecule has 0 aliphatic carbocycles. The van der Waals surface area contributed by atoms with Crippen LogP contribution in [0.1, 0.15) is 18.1 Å². The van der Waals surface area contributed by atoms with Crippen LogP contribution < -0.4 is 14.8 Å². The van der Waals surface area contributed by atoms with E-state index in [4.69, 9.17) is 9.47 Å². The zero-order chi connectivity index (χ0) is 15.9. The van der Waals surface area contributed by atoms with Gasteiger partial charge in [0.2, 0.25) is 0 Å². The number of benzene rings is 2. The van der Waals surface area contributed by atoms with E-state index >= 15 is 0 Å². The van der Waals surface area contributed by atoms with Gasteiger partial charge < -0.3 is 14.8 Å². The monoisotopic (exact) mass is 299 g/mol. The van der Waals surface area contributed by atoms with Crippen LogP contribution in [-0.2, 0) is 11.3 Å². The Morgan fingerprint density at radius 2 is 1.73 bits per heavy atom. The highest BCUT2D eigenvalue weighted by molar-refractivity contribution is 5.80. The van der Waals surface area contributed by atoms with E-state index in [1.807, 2.05) is 55.5 Å². The SMILES string of the molecule is COc1ccccc1CNC(=O)[C@H](C)Oc1ccccc1C. The van der Waals surface area contributed by atoms with Gasteiger partial charge in [-0.2, -0.15) is 0 Å². The summed E-state index contributed by atoms with van der Waals surface area (Å²) in [5, 5.41) is 2.87. The van der Waals surface area contributed by atoms with Gasteiger partial charge in [0.25, 0.3) is 5.91 Å². The van der Waals surface area contributed by atoms with Crippen LogP contribution in [0.4, 0.5) is 0 Å². The smallest absolute Gasteiger partial charge is 0.261 e. The number of aryl methyl sites for hydroxylation is 1. The lowest BCUT2D eigenvalue weighted by Gasteiger charge is -2.16. The predicted molar refractivity (Wildman–Crippen MR) is 86.1 cm³/mol. The van der Waals surface area contributed by atoms with Crippen molar-refractivity contribution in [1.82, 2.24) is 5.32 Å². The summed E-state index contributed by atoms with van der Waals surface area (Å²) in [6.07, 6.45) is -0.559. The van der Waals surface area contributed by atoms with Crippen molar-refractivity contribution in [2.75, 3.05) is 7.11 Å². The lowest BCUT2D eigenvalue weighted by atomic mass is 10.2. The highest BCUT2D eigenvalue weighted by atomic mass is 16.5. The van der Waals surface area contributed by atoms with Crippen LogP contribution in [0.5, 0.6) is 11.5 Å². The van der Waals surface area contributed by atoms with E-state index in [9.17, 15) is 4.79 Å². The first-order valence-electron chi connectivity index (χ1n) is 7.23. The normalized spacial score (nSPS) is 11.6. The van der Waals surface area contributed by atoms with Crippen LogP contribution >= 0.6 is 0 Å². The quantitative estimate of drug-likeness (QED) is 0.891. The van der Waals surface area contributed by atoms with E-state index in [1.54, 1.807) is 14.0 Å². The van der Waals surface area contributed by atoms with E-state index in [0.29, 0.717) is 6.54 Å². The molecule has 1 atom stereocenters. The Morgan fingerprint density at radius 1 is 1.09 bits per heavy atom. The van der Waals surface area contributed by atoms with Crippen molar-refractivity contribution >= 4 is 5.91 Å². The highest BCUT2D eigenvalue weighted by Gasteiger charge is 2.15. The molecule has 0 saturated heterocycles. The van der Waals surface area contributed by atoms with E-state index < -0.39 is 6.10 Å². The van der Waals surface area contributed by atoms with Crippen molar-refractivity contribution in [3.05, 3.63) is 59.7 Å². The second-order valence-electron chi connectivity index (χ2n) is 5.06. The average Bonchev–Trinajstić information content (AvgIpc) is 2.54. The van der Waals surface area contributed by atoms with Crippen molar-refractivity contribution < 1.29 is 14.3 Å². The molecular formula is C18H21NO3. The molecule has 2 aromatic carbocycles. The Balaban J connectivity index is 1.93. The van der Waals surface area contributed by atoms with E-state index in [2.05, 4.69) is 5.32 Å². The minimum atomic E-state index is -0.559. The number of ether oxygens (including phenoxy) is 2. The van der Waals surface area contributed by atoms with Gasteiger partial charge in [-0.1, -0.05) is 36.4 Å². The molecule has 0 spiro atoms. The van der Waals surface area contributed by atoms with E-state index in [1.165, 1.54) is 0 Å². The Bertz CT molecular complexity index is 640. The molecule has 2 rings (SSSR count). The fraction of sp³-hybridized carbons (Fsp3) is 0.278. The maximum atomic E-state index is 12.2. The summed E-state index contributed by atoms with van der Waals surface area (Å²) in [7, 11) is 1.62. The molecular weight excluding hydrogens is 278 g/mol. The second-order valence-corrected chi connectivity index (χ2v) is 5.06. The van der Waals surface area contributed by atoms with E-state index in [0.717, 1.165) is 22.6 Å². The first kappa shape index (κ1) is 15.9. The Labute approximate surface area is 131 Å². The van der Waals surface area contributed by atoms with Gasteiger partial charge in [-0.3, -0.25) is 4.79 Å². The fourth-order valence-electron chi connectivity index (χ4n) is 2.11. The van der Waals surface area contributed by atoms with Crippen molar-refractivity contribution in [3.8, 4) is 11.5 Å². The van der Waals surface area contributed by atoms with Crippen LogP contribution in [0.2, 0.25) is 0 Å². The number of amides is 1. The number of rotatable bonds is 6. The highest BCUT2D eigenvalue weighted by Crippen LogP contribution is 2.19. The summed E-state index contributed by atoms with van der Waals surface area (Å²) in [4.78, 5) is 12.2. The summed E-state index contributed by atoms with van der Waals surface area (Å²) in [5.74, 6) is 1.33. The zero-order valence-corrected chi connectivity index (χ0v) is 13.1. The molecule has 1 amide bonds. The Kier molecular flexibility index (Phi) is 5.42. The van der Waals surface area contributed by atoms with E-state index in [-0.39, 0.29) is 5.91 Å². The molecule has 0 aromatic heterocycles. The molecule has 0 aliphatic rings. The fourth-order valence-corrected chi connectivity index (χ4v) is 2.11. The molecule has 0 fully saturated rings. The molecule has 0 aliphatic heterocycles.